The summed E-state index contributed by atoms with van der Waals surface area (Å²) in [5.74, 6) is 0.484. The van der Waals surface area contributed by atoms with Crippen molar-refractivity contribution in [2.45, 2.75) is 45.2 Å². The van der Waals surface area contributed by atoms with Gasteiger partial charge in [0.1, 0.15) is 0 Å². The van der Waals surface area contributed by atoms with Gasteiger partial charge >= 0.3 is 0 Å². The number of nitrogens with one attached hydrogen (secondary N) is 1. The molecule has 2 aliphatic heterocycles. The zero-order valence-electron chi connectivity index (χ0n) is 9.12. The molecule has 14 heavy (non-hydrogen) atoms. The predicted octanol–water partition coefficient (Wildman–Crippen LogP) is 0.995. The van der Waals surface area contributed by atoms with Crippen molar-refractivity contribution in [2.75, 3.05) is 13.1 Å². The van der Waals surface area contributed by atoms with Gasteiger partial charge in [-0.1, -0.05) is 13.8 Å². The van der Waals surface area contributed by atoms with Gasteiger partial charge in [-0.2, -0.15) is 0 Å². The fraction of sp³-hybridized carbons (Fsp3) is 0.909. The molecule has 2 heterocycles. The van der Waals surface area contributed by atoms with Gasteiger partial charge in [-0.05, 0) is 25.8 Å². The topological polar surface area (TPSA) is 32.3 Å². The summed E-state index contributed by atoms with van der Waals surface area (Å²) in [5.41, 5.74) is 0. The number of hydrogen-bond donors (Lipinski definition) is 1. The Hall–Kier alpha value is -0.570. The van der Waals surface area contributed by atoms with E-state index in [9.17, 15) is 4.79 Å². The Morgan fingerprint density at radius 3 is 2.93 bits per heavy atom. The molecule has 2 rings (SSSR count). The van der Waals surface area contributed by atoms with Gasteiger partial charge in [0.2, 0.25) is 5.91 Å². The van der Waals surface area contributed by atoms with Gasteiger partial charge in [0.25, 0.3) is 0 Å². The summed E-state index contributed by atoms with van der Waals surface area (Å²) in [7, 11) is 0. The van der Waals surface area contributed by atoms with Crippen LogP contribution < -0.4 is 5.32 Å². The van der Waals surface area contributed by atoms with E-state index in [0.717, 1.165) is 25.9 Å². The molecule has 1 unspecified atom stereocenters. The van der Waals surface area contributed by atoms with Crippen LogP contribution in [0, 0.1) is 5.92 Å². The minimum absolute atomic E-state index is 0.148. The zero-order valence-corrected chi connectivity index (χ0v) is 9.12. The van der Waals surface area contributed by atoms with Crippen molar-refractivity contribution in [3.63, 3.8) is 0 Å². The van der Waals surface area contributed by atoms with Crippen LogP contribution >= 0.6 is 0 Å². The van der Waals surface area contributed by atoms with E-state index in [1.54, 1.807) is 0 Å². The molecule has 2 fully saturated rings. The van der Waals surface area contributed by atoms with Crippen LogP contribution in [0.15, 0.2) is 0 Å². The second kappa shape index (κ2) is 3.89. The summed E-state index contributed by atoms with van der Waals surface area (Å²) in [4.78, 5) is 14.0. The van der Waals surface area contributed by atoms with Gasteiger partial charge < -0.3 is 10.2 Å². The summed E-state index contributed by atoms with van der Waals surface area (Å²) >= 11 is 0. The quantitative estimate of drug-likeness (QED) is 0.678. The van der Waals surface area contributed by atoms with Crippen LogP contribution in [0.3, 0.4) is 0 Å². The van der Waals surface area contributed by atoms with Gasteiger partial charge in [-0.3, -0.25) is 4.79 Å². The van der Waals surface area contributed by atoms with Gasteiger partial charge in [-0.15, -0.1) is 0 Å². The van der Waals surface area contributed by atoms with Crippen molar-refractivity contribution in [1.82, 2.24) is 10.2 Å². The Kier molecular flexibility index (Phi) is 2.77. The Morgan fingerprint density at radius 1 is 1.43 bits per heavy atom. The molecule has 3 heteroatoms. The van der Waals surface area contributed by atoms with E-state index < -0.39 is 0 Å². The van der Waals surface area contributed by atoms with Crippen LogP contribution in [0.25, 0.3) is 0 Å². The highest BCUT2D eigenvalue weighted by atomic mass is 16.2. The number of rotatable bonds is 1. The molecule has 1 N–H and O–H groups in total. The second-order valence-corrected chi connectivity index (χ2v) is 4.75. The van der Waals surface area contributed by atoms with Crippen LogP contribution in [0.5, 0.6) is 0 Å². The Bertz CT molecular complexity index is 227. The monoisotopic (exact) mass is 196 g/mol. The largest absolute Gasteiger partial charge is 0.338 e. The summed E-state index contributed by atoms with van der Waals surface area (Å²) in [6.45, 7) is 6.04. The van der Waals surface area contributed by atoms with Crippen LogP contribution in [0.1, 0.15) is 33.1 Å². The molecule has 0 spiro atoms. The molecule has 0 bridgehead atoms. The number of carbonyl (C=O) groups is 1. The second-order valence-electron chi connectivity index (χ2n) is 4.75. The molecule has 3 nitrogen and oxygen atoms in total. The third kappa shape index (κ3) is 1.65. The molecule has 0 aromatic carbocycles. The lowest BCUT2D eigenvalue weighted by Crippen LogP contribution is -2.52. The summed E-state index contributed by atoms with van der Waals surface area (Å²) in [5, 5.41) is 3.49. The maximum absolute atomic E-state index is 11.9. The zero-order chi connectivity index (χ0) is 10.1. The number of carbonyl (C=O) groups excluding carboxylic acids is 1. The first kappa shape index (κ1) is 9.97. The molecule has 0 aromatic heterocycles. The summed E-state index contributed by atoms with van der Waals surface area (Å²) in [6.07, 6.45) is 3.54. The van der Waals surface area contributed by atoms with Crippen molar-refractivity contribution in [1.29, 1.82) is 0 Å². The van der Waals surface area contributed by atoms with E-state index in [0.29, 0.717) is 18.0 Å². The van der Waals surface area contributed by atoms with E-state index >= 15 is 0 Å². The van der Waals surface area contributed by atoms with Crippen molar-refractivity contribution in [2.24, 2.45) is 5.92 Å². The highest BCUT2D eigenvalue weighted by Crippen LogP contribution is 2.25. The number of fused-ring (bicyclic) bond motifs is 1. The van der Waals surface area contributed by atoms with Gasteiger partial charge in [0, 0.05) is 24.5 Å². The lowest BCUT2D eigenvalue weighted by molar-refractivity contribution is -0.138. The SMILES string of the molecule is CC(C)C(=O)N1CCC[C@H]2NCCC21. The molecule has 2 aliphatic rings. The van der Waals surface area contributed by atoms with Crippen LogP contribution in [-0.2, 0) is 4.79 Å². The van der Waals surface area contributed by atoms with Gasteiger partial charge in [-0.25, -0.2) is 0 Å². The maximum atomic E-state index is 11.9. The highest BCUT2D eigenvalue weighted by molar-refractivity contribution is 5.78. The summed E-state index contributed by atoms with van der Waals surface area (Å²) in [6, 6.07) is 1.06. The molecule has 2 atom stereocenters. The Labute approximate surface area is 85.8 Å². The van der Waals surface area contributed by atoms with E-state index in [-0.39, 0.29) is 5.92 Å². The van der Waals surface area contributed by atoms with E-state index in [2.05, 4.69) is 10.2 Å². The smallest absolute Gasteiger partial charge is 0.225 e. The minimum atomic E-state index is 0.148. The average molecular weight is 196 g/mol. The molecule has 1 amide bonds. The van der Waals surface area contributed by atoms with Crippen LogP contribution in [0.2, 0.25) is 0 Å². The van der Waals surface area contributed by atoms with Crippen LogP contribution in [-0.4, -0.2) is 36.0 Å². The third-order valence-electron chi connectivity index (χ3n) is 3.40. The van der Waals surface area contributed by atoms with Crippen molar-refractivity contribution >= 4 is 5.91 Å². The van der Waals surface area contributed by atoms with E-state index in [1.165, 1.54) is 6.42 Å². The van der Waals surface area contributed by atoms with Crippen molar-refractivity contribution < 1.29 is 4.79 Å². The lowest BCUT2D eigenvalue weighted by atomic mass is 9.96. The first-order chi connectivity index (χ1) is 6.70. The Balaban J connectivity index is 2.06. The number of hydrogen-bond acceptors (Lipinski definition) is 2. The Morgan fingerprint density at radius 2 is 2.21 bits per heavy atom. The maximum Gasteiger partial charge on any atom is 0.225 e. The lowest BCUT2D eigenvalue weighted by Gasteiger charge is -2.38. The fourth-order valence-electron chi connectivity index (χ4n) is 2.67. The van der Waals surface area contributed by atoms with E-state index in [4.69, 9.17) is 0 Å². The van der Waals surface area contributed by atoms with Gasteiger partial charge in [0.15, 0.2) is 0 Å². The number of piperidine rings is 1. The molecule has 2 saturated heterocycles. The van der Waals surface area contributed by atoms with Crippen molar-refractivity contribution in [3.8, 4) is 0 Å². The number of amides is 1. The molecule has 0 saturated carbocycles. The molecule has 0 aliphatic carbocycles. The third-order valence-corrected chi connectivity index (χ3v) is 3.40. The predicted molar refractivity (Wildman–Crippen MR) is 56.0 cm³/mol. The van der Waals surface area contributed by atoms with E-state index in [1.807, 2.05) is 13.8 Å². The van der Waals surface area contributed by atoms with Crippen molar-refractivity contribution in [3.05, 3.63) is 0 Å². The number of likely N-dealkylation sites (tertiary alicyclic amines) is 1. The first-order valence-electron chi connectivity index (χ1n) is 5.74. The first-order valence-corrected chi connectivity index (χ1v) is 5.74. The number of nitrogens with zero attached hydrogens (tertiary/aromatic N) is 1. The standard InChI is InChI=1S/C11H20N2O/c1-8(2)11(14)13-7-3-4-9-10(13)5-6-12-9/h8-10,12H,3-7H2,1-2H3/t9-,10?/m1/s1. The molecule has 0 radical (unpaired) electrons. The van der Waals surface area contributed by atoms with Gasteiger partial charge in [0.05, 0.1) is 0 Å². The molecular formula is C11H20N2O. The van der Waals surface area contributed by atoms with Crippen LogP contribution in [0.4, 0.5) is 0 Å². The average Bonchev–Trinajstić information content (AvgIpc) is 2.63. The summed E-state index contributed by atoms with van der Waals surface area (Å²) < 4.78 is 0. The fourth-order valence-corrected chi connectivity index (χ4v) is 2.67. The minimum Gasteiger partial charge on any atom is -0.338 e. The normalized spacial score (nSPS) is 32.1. The molecular weight excluding hydrogens is 176 g/mol. The molecule has 0 aromatic rings. The highest BCUT2D eigenvalue weighted by Gasteiger charge is 2.37. The molecule has 80 valence electrons.